The summed E-state index contributed by atoms with van der Waals surface area (Å²) in [6.45, 7) is 3.79. The molecule has 0 aliphatic rings. The molecule has 0 saturated carbocycles. The van der Waals surface area contributed by atoms with Gasteiger partial charge in [0.25, 0.3) is 0 Å². The van der Waals surface area contributed by atoms with Crippen molar-refractivity contribution in [1.29, 1.82) is 0 Å². The number of halogens is 2. The lowest BCUT2D eigenvalue weighted by Gasteiger charge is -2.33. The zero-order valence-electron chi connectivity index (χ0n) is 24.2. The molecule has 3 aromatic carbocycles. The second-order valence-electron chi connectivity index (χ2n) is 10.2. The van der Waals surface area contributed by atoms with Crippen LogP contribution in [-0.2, 0) is 32.6 Å². The van der Waals surface area contributed by atoms with Crippen LogP contribution in [0, 0.1) is 0 Å². The smallest absolute Gasteiger partial charge is 0.243 e. The summed E-state index contributed by atoms with van der Waals surface area (Å²) >= 11 is 13.0. The van der Waals surface area contributed by atoms with E-state index in [2.05, 4.69) is 5.32 Å². The zero-order valence-corrected chi connectivity index (χ0v) is 26.5. The molecule has 0 radical (unpaired) electrons. The number of sulfonamides is 1. The molecule has 8 nitrogen and oxygen atoms in total. The molecule has 0 fully saturated rings. The van der Waals surface area contributed by atoms with Gasteiger partial charge in [0, 0.05) is 47.6 Å². The summed E-state index contributed by atoms with van der Waals surface area (Å²) < 4.78 is 31.7. The monoisotopic (exact) mass is 633 g/mol. The lowest BCUT2D eigenvalue weighted by atomic mass is 10.0. The van der Waals surface area contributed by atoms with Crippen LogP contribution in [0.1, 0.15) is 37.8 Å². The van der Waals surface area contributed by atoms with E-state index in [0.717, 1.165) is 11.8 Å². The highest BCUT2D eigenvalue weighted by atomic mass is 35.5. The fraction of sp³-hybridized carbons (Fsp3) is 0.355. The van der Waals surface area contributed by atoms with Gasteiger partial charge in [0.05, 0.1) is 19.1 Å². The number of nitrogens with zero attached hydrogens (tertiary/aromatic N) is 2. The Hall–Kier alpha value is -3.27. The summed E-state index contributed by atoms with van der Waals surface area (Å²) in [5.74, 6) is -0.0317. The fourth-order valence-corrected chi connectivity index (χ4v) is 6.02. The summed E-state index contributed by atoms with van der Waals surface area (Å²) in [6.07, 6.45) is 1.60. The average molecular weight is 635 g/mol. The lowest BCUT2D eigenvalue weighted by Crippen LogP contribution is -2.52. The second kappa shape index (κ2) is 15.3. The summed E-state index contributed by atoms with van der Waals surface area (Å²) in [4.78, 5) is 29.0. The molecule has 1 atom stereocenters. The molecule has 3 rings (SSSR count). The van der Waals surface area contributed by atoms with E-state index in [-0.39, 0.29) is 50.2 Å². The van der Waals surface area contributed by atoms with Crippen LogP contribution in [0.5, 0.6) is 5.75 Å². The van der Waals surface area contributed by atoms with Gasteiger partial charge in [0.1, 0.15) is 11.8 Å². The van der Waals surface area contributed by atoms with Crippen LogP contribution in [0.3, 0.4) is 0 Å². The van der Waals surface area contributed by atoms with Crippen LogP contribution in [-0.4, -0.2) is 57.1 Å². The number of carbonyl (C=O) groups is 2. The van der Waals surface area contributed by atoms with Crippen molar-refractivity contribution in [2.45, 2.75) is 51.7 Å². The van der Waals surface area contributed by atoms with Crippen LogP contribution < -0.4 is 14.4 Å². The molecular weight excluding hydrogens is 597 g/mol. The SMILES string of the molecule is COc1ccc(N(CCCC(=O)N(Cc2c(Cl)cccc2Cl)[C@H](Cc2ccccc2)C(=O)NC(C)C)S(C)(=O)=O)cc1. The number of benzene rings is 3. The topological polar surface area (TPSA) is 96.0 Å². The van der Waals surface area contributed by atoms with Gasteiger partial charge in [0.15, 0.2) is 0 Å². The van der Waals surface area contributed by atoms with Crippen molar-refractivity contribution in [2.24, 2.45) is 0 Å². The van der Waals surface area contributed by atoms with Crippen LogP contribution in [0.2, 0.25) is 10.0 Å². The maximum absolute atomic E-state index is 13.9. The molecule has 0 unspecified atom stereocenters. The van der Waals surface area contributed by atoms with E-state index in [9.17, 15) is 18.0 Å². The van der Waals surface area contributed by atoms with Crippen molar-refractivity contribution in [1.82, 2.24) is 10.2 Å². The number of nitrogens with one attached hydrogen (secondary N) is 1. The maximum atomic E-state index is 13.9. The van der Waals surface area contributed by atoms with E-state index in [1.807, 2.05) is 44.2 Å². The van der Waals surface area contributed by atoms with Crippen molar-refractivity contribution >= 4 is 50.7 Å². The van der Waals surface area contributed by atoms with Gasteiger partial charge in [-0.05, 0) is 62.2 Å². The van der Waals surface area contributed by atoms with Gasteiger partial charge >= 0.3 is 0 Å². The zero-order chi connectivity index (χ0) is 30.9. The van der Waals surface area contributed by atoms with Gasteiger partial charge in [-0.1, -0.05) is 59.6 Å². The maximum Gasteiger partial charge on any atom is 0.243 e. The van der Waals surface area contributed by atoms with E-state index in [0.29, 0.717) is 27.0 Å². The number of hydrogen-bond acceptors (Lipinski definition) is 5. The van der Waals surface area contributed by atoms with Crippen LogP contribution in [0.25, 0.3) is 0 Å². The molecule has 0 aromatic heterocycles. The van der Waals surface area contributed by atoms with E-state index >= 15 is 0 Å². The fourth-order valence-electron chi connectivity index (χ4n) is 4.54. The number of hydrogen-bond donors (Lipinski definition) is 1. The molecule has 1 N–H and O–H groups in total. The highest BCUT2D eigenvalue weighted by Crippen LogP contribution is 2.28. The molecule has 11 heteroatoms. The number of methoxy groups -OCH3 is 1. The third-order valence-electron chi connectivity index (χ3n) is 6.60. The molecule has 0 spiro atoms. The van der Waals surface area contributed by atoms with Crippen molar-refractivity contribution in [3.05, 3.63) is 94.0 Å². The molecule has 0 aliphatic carbocycles. The minimum Gasteiger partial charge on any atom is -0.497 e. The van der Waals surface area contributed by atoms with Crippen molar-refractivity contribution < 1.29 is 22.7 Å². The minimum atomic E-state index is -3.63. The number of carbonyl (C=O) groups excluding carboxylic acids is 2. The molecule has 226 valence electrons. The molecule has 0 bridgehead atoms. The molecule has 0 aliphatic heterocycles. The Bertz CT molecular complexity index is 1430. The van der Waals surface area contributed by atoms with Gasteiger partial charge in [-0.25, -0.2) is 8.42 Å². The Morgan fingerprint density at radius 1 is 0.929 bits per heavy atom. The first-order valence-electron chi connectivity index (χ1n) is 13.6. The Morgan fingerprint density at radius 3 is 2.10 bits per heavy atom. The lowest BCUT2D eigenvalue weighted by molar-refractivity contribution is -0.141. The molecular formula is C31H37Cl2N3O5S. The predicted octanol–water partition coefficient (Wildman–Crippen LogP) is 5.71. The highest BCUT2D eigenvalue weighted by molar-refractivity contribution is 7.92. The molecule has 0 heterocycles. The van der Waals surface area contributed by atoms with E-state index in [4.69, 9.17) is 27.9 Å². The van der Waals surface area contributed by atoms with E-state index < -0.39 is 16.1 Å². The van der Waals surface area contributed by atoms with Crippen molar-refractivity contribution in [3.8, 4) is 5.75 Å². The quantitative estimate of drug-likeness (QED) is 0.245. The van der Waals surface area contributed by atoms with Crippen molar-refractivity contribution in [2.75, 3.05) is 24.2 Å². The van der Waals surface area contributed by atoms with Crippen LogP contribution in [0.15, 0.2) is 72.8 Å². The third-order valence-corrected chi connectivity index (χ3v) is 8.51. The van der Waals surface area contributed by atoms with Gasteiger partial charge in [-0.2, -0.15) is 0 Å². The second-order valence-corrected chi connectivity index (χ2v) is 12.9. The normalized spacial score (nSPS) is 12.1. The molecule has 3 aromatic rings. The van der Waals surface area contributed by atoms with Gasteiger partial charge in [-0.15, -0.1) is 0 Å². The number of ether oxygens (including phenoxy) is 1. The Labute approximate surface area is 258 Å². The van der Waals surface area contributed by atoms with Gasteiger partial charge in [0.2, 0.25) is 21.8 Å². The first-order chi connectivity index (χ1) is 19.9. The highest BCUT2D eigenvalue weighted by Gasteiger charge is 2.31. The number of anilines is 1. The number of amides is 2. The Balaban J connectivity index is 1.91. The first kappa shape index (κ1) is 33.2. The molecule has 42 heavy (non-hydrogen) atoms. The molecule has 2 amide bonds. The Morgan fingerprint density at radius 2 is 1.55 bits per heavy atom. The first-order valence-corrected chi connectivity index (χ1v) is 16.2. The minimum absolute atomic E-state index is 0.00856. The van der Waals surface area contributed by atoms with E-state index in [1.165, 1.54) is 16.3 Å². The largest absolute Gasteiger partial charge is 0.497 e. The molecule has 0 saturated heterocycles. The summed E-state index contributed by atoms with van der Waals surface area (Å²) in [6, 6.07) is 20.2. The van der Waals surface area contributed by atoms with Gasteiger partial charge < -0.3 is 15.0 Å². The summed E-state index contributed by atoms with van der Waals surface area (Å²) in [5, 5.41) is 3.70. The predicted molar refractivity (Wildman–Crippen MR) is 169 cm³/mol. The van der Waals surface area contributed by atoms with Crippen LogP contribution in [0.4, 0.5) is 5.69 Å². The third kappa shape index (κ3) is 9.37. The van der Waals surface area contributed by atoms with Crippen LogP contribution >= 0.6 is 23.2 Å². The van der Waals surface area contributed by atoms with Gasteiger partial charge in [-0.3, -0.25) is 13.9 Å². The summed E-state index contributed by atoms with van der Waals surface area (Å²) in [5.41, 5.74) is 1.87. The van der Waals surface area contributed by atoms with E-state index in [1.54, 1.807) is 42.5 Å². The summed E-state index contributed by atoms with van der Waals surface area (Å²) in [7, 11) is -2.10. The number of rotatable bonds is 14. The average Bonchev–Trinajstić information content (AvgIpc) is 2.94. The standard InChI is InChI=1S/C31H37Cl2N3O5S/c1-22(2)34-31(38)29(20-23-10-6-5-7-11-23)35(21-26-27(32)12-8-13-28(26)33)30(37)14-9-19-36(42(4,39)40)24-15-17-25(41-3)18-16-24/h5-8,10-13,15-18,22,29H,9,14,19-21H2,1-4H3,(H,34,38)/t29-/m1/s1. The Kier molecular flexibility index (Phi) is 12.1. The van der Waals surface area contributed by atoms with Crippen molar-refractivity contribution in [3.63, 3.8) is 0 Å².